The van der Waals surface area contributed by atoms with Gasteiger partial charge in [-0.05, 0) is 95.3 Å². The Kier molecular flexibility index (Phi) is 18.1. The number of nitrogens with zero attached hydrogens (tertiary/aromatic N) is 2. The summed E-state index contributed by atoms with van der Waals surface area (Å²) < 4.78 is 43.7. The molecular formula is C58H67N3O12. The Morgan fingerprint density at radius 2 is 1.63 bits per heavy atom. The van der Waals surface area contributed by atoms with Gasteiger partial charge in [0.2, 0.25) is 5.79 Å². The maximum atomic E-state index is 15.2. The third kappa shape index (κ3) is 12.0. The lowest BCUT2D eigenvalue weighted by molar-refractivity contribution is -0.256. The van der Waals surface area contributed by atoms with Gasteiger partial charge in [-0.1, -0.05) is 103 Å². The molecule has 1 aliphatic heterocycles. The SMILES string of the molecule is C=CCOC12Oc3ccc(OC(=O)Nc4ccc(OC)cc4OC)cc3C3C(CCCCO)C(CCCCO)C=C(C(=NOC)CC1N(Cc1cccc4ccccc14)C(=O)OCCOCc1ccccc1)C32. The summed E-state index contributed by atoms with van der Waals surface area (Å²) in [6.07, 6.45) is 6.92. The number of unbranched alkanes of at least 4 members (excludes halogenated alkanes) is 2. The second-order valence-corrected chi connectivity index (χ2v) is 18.5. The van der Waals surface area contributed by atoms with Gasteiger partial charge in [-0.2, -0.15) is 0 Å². The molecule has 1 saturated carbocycles. The number of carbonyl (C=O) groups excluding carboxylic acids is 2. The summed E-state index contributed by atoms with van der Waals surface area (Å²) in [6.45, 7) is 4.84. The molecule has 0 spiro atoms. The van der Waals surface area contributed by atoms with Gasteiger partial charge in [-0.15, -0.1) is 6.58 Å². The number of fused-ring (bicyclic) bond motifs is 3. The molecule has 3 N–H and O–H groups in total. The van der Waals surface area contributed by atoms with Gasteiger partial charge in [-0.3, -0.25) is 10.2 Å². The number of aliphatic hydroxyl groups is 2. The van der Waals surface area contributed by atoms with Crippen molar-refractivity contribution in [1.82, 2.24) is 4.90 Å². The first-order valence-electron chi connectivity index (χ1n) is 25.1. The van der Waals surface area contributed by atoms with Gasteiger partial charge in [-0.25, -0.2) is 9.59 Å². The van der Waals surface area contributed by atoms with Crippen LogP contribution in [0, 0.1) is 17.8 Å². The maximum Gasteiger partial charge on any atom is 0.417 e. The molecule has 386 valence electrons. The molecular weight excluding hydrogens is 931 g/mol. The number of benzene rings is 5. The lowest BCUT2D eigenvalue weighted by Crippen LogP contribution is -2.70. The second kappa shape index (κ2) is 25.2. The number of hydrogen-bond acceptors (Lipinski definition) is 13. The summed E-state index contributed by atoms with van der Waals surface area (Å²) in [4.78, 5) is 36.2. The average molecular weight is 998 g/mol. The number of hydrogen-bond donors (Lipinski definition) is 3. The standard InChI is InChI=1S/C58H67N3O12/c1-5-30-71-58-53(61(37-42-21-15-20-40-18-9-10-22-45(40)42)57(65)70-32-31-69-38-39-16-7-6-8-17-39)36-50(60-68-4)47-33-41(19-11-13-28-62)46(23-12-14-29-63)54(55(47)58)48-34-44(25-27-51(48)73-58)72-56(64)59-49-26-24-43(66-2)35-52(49)67-3/h5-10,15-18,20-22,24-27,33-35,41,46,53-55,62-63H,1,11-14,19,23,28-32,36-38H2,2-4H3,(H,59,64). The van der Waals surface area contributed by atoms with Crippen molar-refractivity contribution in [2.75, 3.05) is 59.7 Å². The van der Waals surface area contributed by atoms with Gasteiger partial charge < -0.3 is 48.2 Å². The number of oxime groups is 1. The number of nitrogens with one attached hydrogen (secondary N) is 1. The van der Waals surface area contributed by atoms with Crippen molar-refractivity contribution in [1.29, 1.82) is 0 Å². The van der Waals surface area contributed by atoms with Crippen LogP contribution in [0.25, 0.3) is 10.8 Å². The van der Waals surface area contributed by atoms with Crippen molar-refractivity contribution in [2.45, 2.75) is 75.8 Å². The Bertz CT molecular complexity index is 2720. The fourth-order valence-corrected chi connectivity index (χ4v) is 10.9. The lowest BCUT2D eigenvalue weighted by Gasteiger charge is -2.59. The van der Waals surface area contributed by atoms with Crippen molar-refractivity contribution in [3.63, 3.8) is 0 Å². The number of methoxy groups -OCH3 is 2. The largest absolute Gasteiger partial charge is 0.497 e. The van der Waals surface area contributed by atoms with Crippen LogP contribution in [0.3, 0.4) is 0 Å². The van der Waals surface area contributed by atoms with Gasteiger partial charge in [0.05, 0.1) is 57.9 Å². The van der Waals surface area contributed by atoms with E-state index in [1.165, 1.54) is 14.2 Å². The molecule has 0 bridgehead atoms. The molecule has 5 aromatic rings. The van der Waals surface area contributed by atoms with Crippen molar-refractivity contribution < 1.29 is 57.8 Å². The van der Waals surface area contributed by atoms with E-state index in [1.807, 2.05) is 78.9 Å². The van der Waals surface area contributed by atoms with E-state index in [-0.39, 0.29) is 69.5 Å². The normalized spacial score (nSPS) is 21.2. The van der Waals surface area contributed by atoms with E-state index in [9.17, 15) is 15.0 Å². The first kappa shape index (κ1) is 52.4. The number of ether oxygens (including phenoxy) is 7. The minimum Gasteiger partial charge on any atom is -0.497 e. The molecule has 1 fully saturated rings. The van der Waals surface area contributed by atoms with Crippen LogP contribution in [-0.4, -0.2) is 99.2 Å². The van der Waals surface area contributed by atoms with Gasteiger partial charge in [0.15, 0.2) is 0 Å². The minimum absolute atomic E-state index is 0.0189. The van der Waals surface area contributed by atoms with E-state index in [2.05, 4.69) is 18.0 Å². The van der Waals surface area contributed by atoms with Crippen LogP contribution in [0.15, 0.2) is 139 Å². The average Bonchev–Trinajstić information content (AvgIpc) is 3.41. The highest BCUT2D eigenvalue weighted by atomic mass is 16.7. The molecule has 15 nitrogen and oxygen atoms in total. The fraction of sp³-hybridized carbons (Fsp3) is 0.397. The molecule has 8 rings (SSSR count). The number of rotatable bonds is 24. The van der Waals surface area contributed by atoms with Crippen LogP contribution in [0.1, 0.15) is 67.6 Å². The predicted octanol–water partition coefficient (Wildman–Crippen LogP) is 10.6. The molecule has 2 aliphatic carbocycles. The van der Waals surface area contributed by atoms with Crippen LogP contribution in [0.4, 0.5) is 15.3 Å². The number of carbonyl (C=O) groups is 2. The molecule has 0 aromatic heterocycles. The highest BCUT2D eigenvalue weighted by Crippen LogP contribution is 2.62. The second-order valence-electron chi connectivity index (χ2n) is 18.5. The van der Waals surface area contributed by atoms with E-state index in [0.717, 1.165) is 52.3 Å². The Hall–Kier alpha value is -6.91. The van der Waals surface area contributed by atoms with E-state index >= 15 is 4.79 Å². The first-order valence-corrected chi connectivity index (χ1v) is 25.1. The zero-order valence-corrected chi connectivity index (χ0v) is 41.9. The Morgan fingerprint density at radius 1 is 0.863 bits per heavy atom. The molecule has 5 aromatic carbocycles. The van der Waals surface area contributed by atoms with Gasteiger partial charge in [0.25, 0.3) is 0 Å². The third-order valence-corrected chi connectivity index (χ3v) is 14.1. The van der Waals surface area contributed by atoms with E-state index in [1.54, 1.807) is 48.4 Å². The minimum atomic E-state index is -1.58. The number of anilines is 1. The number of amides is 2. The Labute approximate surface area is 427 Å². The van der Waals surface area contributed by atoms with E-state index in [4.69, 9.17) is 43.2 Å². The fourth-order valence-electron chi connectivity index (χ4n) is 10.9. The highest BCUT2D eigenvalue weighted by molar-refractivity contribution is 6.03. The maximum absolute atomic E-state index is 15.2. The molecule has 1 heterocycles. The predicted molar refractivity (Wildman–Crippen MR) is 278 cm³/mol. The summed E-state index contributed by atoms with van der Waals surface area (Å²) in [5.74, 6) is -0.977. The summed E-state index contributed by atoms with van der Waals surface area (Å²) in [5, 5.41) is 29.6. The molecule has 3 aliphatic rings. The van der Waals surface area contributed by atoms with Gasteiger partial charge in [0.1, 0.15) is 42.8 Å². The summed E-state index contributed by atoms with van der Waals surface area (Å²) in [6, 6.07) is 33.4. The molecule has 15 heteroatoms. The third-order valence-electron chi connectivity index (χ3n) is 14.1. The molecule has 6 atom stereocenters. The van der Waals surface area contributed by atoms with Crippen LogP contribution in [0.5, 0.6) is 23.0 Å². The van der Waals surface area contributed by atoms with Crippen LogP contribution >= 0.6 is 0 Å². The molecule has 73 heavy (non-hydrogen) atoms. The number of aliphatic hydroxyl groups excluding tert-OH is 2. The Morgan fingerprint density at radius 3 is 2.40 bits per heavy atom. The van der Waals surface area contributed by atoms with Gasteiger partial charge >= 0.3 is 12.2 Å². The smallest absolute Gasteiger partial charge is 0.417 e. The number of allylic oxidation sites excluding steroid dienone is 1. The topological polar surface area (TPSA) is 176 Å². The quantitative estimate of drug-likeness (QED) is 0.0303. The monoisotopic (exact) mass is 997 g/mol. The van der Waals surface area contributed by atoms with Crippen molar-refractivity contribution in [3.05, 3.63) is 150 Å². The van der Waals surface area contributed by atoms with E-state index in [0.29, 0.717) is 54.5 Å². The van der Waals surface area contributed by atoms with E-state index < -0.39 is 29.9 Å². The Balaban J connectivity index is 1.25. The van der Waals surface area contributed by atoms with Crippen LogP contribution in [-0.2, 0) is 32.2 Å². The molecule has 0 saturated heterocycles. The highest BCUT2D eigenvalue weighted by Gasteiger charge is 2.65. The van der Waals surface area contributed by atoms with Crippen LogP contribution in [0.2, 0.25) is 0 Å². The summed E-state index contributed by atoms with van der Waals surface area (Å²) >= 11 is 0. The zero-order chi connectivity index (χ0) is 51.2. The zero-order valence-electron chi connectivity index (χ0n) is 41.9. The molecule has 6 unspecified atom stereocenters. The molecule has 0 radical (unpaired) electrons. The van der Waals surface area contributed by atoms with Crippen molar-refractivity contribution in [2.24, 2.45) is 22.9 Å². The van der Waals surface area contributed by atoms with Gasteiger partial charge in [0, 0.05) is 37.2 Å². The molecule has 2 amide bonds. The first-order chi connectivity index (χ1) is 35.7. The van der Waals surface area contributed by atoms with Crippen LogP contribution < -0.4 is 24.3 Å². The van der Waals surface area contributed by atoms with Crippen molar-refractivity contribution in [3.8, 4) is 23.0 Å². The van der Waals surface area contributed by atoms with Crippen molar-refractivity contribution >= 4 is 34.4 Å². The summed E-state index contributed by atoms with van der Waals surface area (Å²) in [7, 11) is 4.56. The summed E-state index contributed by atoms with van der Waals surface area (Å²) in [5.41, 5.74) is 4.53. The lowest BCUT2D eigenvalue weighted by atomic mass is 9.55.